The number of hydrogen-bond donors (Lipinski definition) is 0. The Morgan fingerprint density at radius 2 is 2.08 bits per heavy atom. The normalized spacial score (nSPS) is 15.5. The number of ether oxygens (including phenoxy) is 3. The van der Waals surface area contributed by atoms with E-state index in [4.69, 9.17) is 14.2 Å². The molecular weight excluding hydrogens is 325 g/mol. The third-order valence-electron chi connectivity index (χ3n) is 4.49. The molecule has 0 unspecified atom stereocenters. The zero-order chi connectivity index (χ0) is 17.4. The molecule has 0 bridgehead atoms. The third-order valence-corrected chi connectivity index (χ3v) is 4.49. The topological polar surface area (TPSA) is 48.0 Å². The number of benzene rings is 2. The summed E-state index contributed by atoms with van der Waals surface area (Å²) in [6.07, 6.45) is 1.56. The fraction of sp³-hybridized carbons (Fsp3) is 0.316. The van der Waals surface area contributed by atoms with Crippen LogP contribution in [0.15, 0.2) is 30.3 Å². The summed E-state index contributed by atoms with van der Waals surface area (Å²) in [6.45, 7) is 1.32. The van der Waals surface area contributed by atoms with Gasteiger partial charge >= 0.3 is 0 Å². The standard InChI is InChI=1S/C19H18FNO4/c1-23-15-10-13(11-16-18(15)25-9-8-24-16)19(22)21-7-3-5-12-4-2-6-14(20)17(12)21/h2,4,6,10-11H,3,5,7-9H2,1H3. The van der Waals surface area contributed by atoms with Gasteiger partial charge in [-0.3, -0.25) is 4.79 Å². The second-order valence-electron chi connectivity index (χ2n) is 6.01. The van der Waals surface area contributed by atoms with Crippen LogP contribution in [0, 0.1) is 5.82 Å². The monoisotopic (exact) mass is 343 g/mol. The van der Waals surface area contributed by atoms with Crippen molar-refractivity contribution in [1.29, 1.82) is 0 Å². The maximum atomic E-state index is 14.4. The minimum atomic E-state index is -0.380. The second kappa shape index (κ2) is 6.27. The van der Waals surface area contributed by atoms with Crippen molar-refractivity contribution in [2.75, 3.05) is 31.8 Å². The van der Waals surface area contributed by atoms with Gasteiger partial charge in [0.05, 0.1) is 12.8 Å². The minimum Gasteiger partial charge on any atom is -0.493 e. The number of nitrogens with zero attached hydrogens (tertiary/aromatic N) is 1. The van der Waals surface area contributed by atoms with Crippen LogP contribution >= 0.6 is 0 Å². The molecule has 4 rings (SSSR count). The van der Waals surface area contributed by atoms with E-state index in [1.54, 1.807) is 18.2 Å². The molecule has 2 aliphatic rings. The van der Waals surface area contributed by atoms with E-state index in [-0.39, 0.29) is 11.7 Å². The molecule has 0 atom stereocenters. The maximum Gasteiger partial charge on any atom is 0.258 e. The van der Waals surface area contributed by atoms with E-state index < -0.39 is 0 Å². The number of aryl methyl sites for hydroxylation is 1. The number of methoxy groups -OCH3 is 1. The molecule has 2 aromatic rings. The summed E-state index contributed by atoms with van der Waals surface area (Å²) in [5, 5.41) is 0. The van der Waals surface area contributed by atoms with E-state index in [2.05, 4.69) is 0 Å². The quantitative estimate of drug-likeness (QED) is 0.840. The van der Waals surface area contributed by atoms with Crippen LogP contribution < -0.4 is 19.1 Å². The number of carbonyl (C=O) groups excluding carboxylic acids is 1. The molecule has 2 aliphatic heterocycles. The third kappa shape index (κ3) is 2.67. The first kappa shape index (κ1) is 15.7. The van der Waals surface area contributed by atoms with E-state index in [1.807, 2.05) is 6.07 Å². The zero-order valence-electron chi connectivity index (χ0n) is 13.9. The van der Waals surface area contributed by atoms with Gasteiger partial charge in [-0.15, -0.1) is 0 Å². The van der Waals surface area contributed by atoms with Gasteiger partial charge in [0.1, 0.15) is 19.0 Å². The number of rotatable bonds is 2. The highest BCUT2D eigenvalue weighted by atomic mass is 19.1. The Bertz CT molecular complexity index is 819. The number of anilines is 1. The highest BCUT2D eigenvalue weighted by molar-refractivity contribution is 6.07. The van der Waals surface area contributed by atoms with Crippen LogP contribution in [0.5, 0.6) is 17.2 Å². The molecule has 25 heavy (non-hydrogen) atoms. The molecule has 0 aromatic heterocycles. The molecule has 5 nitrogen and oxygen atoms in total. The largest absolute Gasteiger partial charge is 0.493 e. The van der Waals surface area contributed by atoms with Crippen molar-refractivity contribution in [1.82, 2.24) is 0 Å². The number of hydrogen-bond acceptors (Lipinski definition) is 4. The van der Waals surface area contributed by atoms with Crippen molar-refractivity contribution < 1.29 is 23.4 Å². The Hall–Kier alpha value is -2.76. The molecule has 1 amide bonds. The molecule has 2 heterocycles. The molecular formula is C19H18FNO4. The molecule has 0 saturated heterocycles. The molecule has 0 spiro atoms. The van der Waals surface area contributed by atoms with Crippen LogP contribution in [0.3, 0.4) is 0 Å². The van der Waals surface area contributed by atoms with Gasteiger partial charge < -0.3 is 19.1 Å². The number of fused-ring (bicyclic) bond motifs is 2. The highest BCUT2D eigenvalue weighted by Crippen LogP contribution is 2.41. The van der Waals surface area contributed by atoms with Crippen molar-refractivity contribution >= 4 is 11.6 Å². The van der Waals surface area contributed by atoms with Crippen LogP contribution in [0.25, 0.3) is 0 Å². The van der Waals surface area contributed by atoms with Gasteiger partial charge in [0, 0.05) is 12.1 Å². The minimum absolute atomic E-state index is 0.277. The van der Waals surface area contributed by atoms with Crippen LogP contribution in [0.2, 0.25) is 0 Å². The number of para-hydroxylation sites is 1. The average molecular weight is 343 g/mol. The van der Waals surface area contributed by atoms with Gasteiger partial charge in [0.15, 0.2) is 11.5 Å². The van der Waals surface area contributed by atoms with Crippen molar-refractivity contribution in [3.63, 3.8) is 0 Å². The molecule has 130 valence electrons. The maximum absolute atomic E-state index is 14.4. The predicted octanol–water partition coefficient (Wildman–Crippen LogP) is 3.20. The lowest BCUT2D eigenvalue weighted by Crippen LogP contribution is -2.36. The summed E-state index contributed by atoms with van der Waals surface area (Å²) < 4.78 is 30.8. The molecule has 0 fully saturated rings. The first-order valence-electron chi connectivity index (χ1n) is 8.26. The van der Waals surface area contributed by atoms with E-state index in [0.29, 0.717) is 48.3 Å². The van der Waals surface area contributed by atoms with Gasteiger partial charge in [-0.2, -0.15) is 0 Å². The lowest BCUT2D eigenvalue weighted by molar-refractivity contribution is 0.0982. The fourth-order valence-corrected chi connectivity index (χ4v) is 3.36. The number of amides is 1. The Morgan fingerprint density at radius 1 is 1.24 bits per heavy atom. The summed E-state index contributed by atoms with van der Waals surface area (Å²) in [5.74, 6) is 0.748. The summed E-state index contributed by atoms with van der Waals surface area (Å²) in [7, 11) is 1.51. The number of carbonyl (C=O) groups is 1. The Kier molecular flexibility index (Phi) is 3.95. The molecule has 0 radical (unpaired) electrons. The van der Waals surface area contributed by atoms with Gasteiger partial charge in [-0.25, -0.2) is 4.39 Å². The Morgan fingerprint density at radius 3 is 2.92 bits per heavy atom. The summed E-state index contributed by atoms with van der Waals surface area (Å²) in [4.78, 5) is 14.6. The van der Waals surface area contributed by atoms with Crippen molar-refractivity contribution in [3.8, 4) is 17.2 Å². The van der Waals surface area contributed by atoms with Gasteiger partial charge in [-0.05, 0) is 36.6 Å². The summed E-state index contributed by atoms with van der Waals surface area (Å²) in [6, 6.07) is 8.17. The predicted molar refractivity (Wildman–Crippen MR) is 90.4 cm³/mol. The van der Waals surface area contributed by atoms with Crippen molar-refractivity contribution in [2.24, 2.45) is 0 Å². The van der Waals surface area contributed by atoms with Crippen LogP contribution in [-0.4, -0.2) is 32.8 Å². The fourth-order valence-electron chi connectivity index (χ4n) is 3.36. The van der Waals surface area contributed by atoms with Crippen LogP contribution in [0.1, 0.15) is 22.3 Å². The average Bonchev–Trinajstić information content (AvgIpc) is 2.66. The smallest absolute Gasteiger partial charge is 0.258 e. The number of halogens is 1. The van der Waals surface area contributed by atoms with E-state index in [9.17, 15) is 9.18 Å². The Labute approximate surface area is 144 Å². The van der Waals surface area contributed by atoms with E-state index >= 15 is 0 Å². The zero-order valence-corrected chi connectivity index (χ0v) is 13.9. The SMILES string of the molecule is COc1cc(C(=O)N2CCCc3cccc(F)c32)cc2c1OCCO2. The van der Waals surface area contributed by atoms with Crippen LogP contribution in [0.4, 0.5) is 10.1 Å². The first-order chi connectivity index (χ1) is 12.2. The molecule has 0 saturated carbocycles. The lowest BCUT2D eigenvalue weighted by Gasteiger charge is -2.30. The van der Waals surface area contributed by atoms with Gasteiger partial charge in [0.25, 0.3) is 5.91 Å². The van der Waals surface area contributed by atoms with Crippen molar-refractivity contribution in [3.05, 3.63) is 47.3 Å². The van der Waals surface area contributed by atoms with Gasteiger partial charge in [0.2, 0.25) is 5.75 Å². The second-order valence-corrected chi connectivity index (χ2v) is 6.01. The molecule has 0 aliphatic carbocycles. The first-order valence-corrected chi connectivity index (χ1v) is 8.26. The highest BCUT2D eigenvalue weighted by Gasteiger charge is 2.28. The van der Waals surface area contributed by atoms with Crippen LogP contribution in [-0.2, 0) is 6.42 Å². The molecule has 6 heteroatoms. The summed E-state index contributed by atoms with van der Waals surface area (Å²) in [5.41, 5.74) is 1.61. The summed E-state index contributed by atoms with van der Waals surface area (Å²) >= 11 is 0. The molecule has 0 N–H and O–H groups in total. The van der Waals surface area contributed by atoms with E-state index in [0.717, 1.165) is 18.4 Å². The van der Waals surface area contributed by atoms with Gasteiger partial charge in [-0.1, -0.05) is 12.1 Å². The van der Waals surface area contributed by atoms with Crippen molar-refractivity contribution in [2.45, 2.75) is 12.8 Å². The Balaban J connectivity index is 1.76. The molecule has 2 aromatic carbocycles. The lowest BCUT2D eigenvalue weighted by atomic mass is 10.00. The van der Waals surface area contributed by atoms with E-state index in [1.165, 1.54) is 18.1 Å².